The number of nitrogens with zero attached hydrogens (tertiary/aromatic N) is 2. The van der Waals surface area contributed by atoms with Gasteiger partial charge in [-0.2, -0.15) is 0 Å². The molecule has 110 valence electrons. The molecule has 0 N–H and O–H groups in total. The molecule has 0 fully saturated rings. The first-order valence-corrected chi connectivity index (χ1v) is 7.33. The topological polar surface area (TPSA) is 60.7 Å². The fourth-order valence-electron chi connectivity index (χ4n) is 2.00. The van der Waals surface area contributed by atoms with Gasteiger partial charge < -0.3 is 4.74 Å². The fraction of sp³-hybridized carbons (Fsp3) is 0.0625. The number of esters is 1. The second-order valence-corrected chi connectivity index (χ2v) is 5.52. The van der Waals surface area contributed by atoms with Gasteiger partial charge in [0.2, 0.25) is 0 Å². The maximum absolute atomic E-state index is 12.0. The van der Waals surface area contributed by atoms with Gasteiger partial charge >= 0.3 is 5.97 Å². The first-order valence-electron chi connectivity index (χ1n) is 6.53. The van der Waals surface area contributed by atoms with E-state index >= 15 is 0 Å². The van der Waals surface area contributed by atoms with Gasteiger partial charge in [-0.25, -0.2) is 9.78 Å². The Morgan fingerprint density at radius 2 is 1.95 bits per heavy atom. The van der Waals surface area contributed by atoms with Crippen LogP contribution in [0.4, 0.5) is 0 Å². The number of ether oxygens (including phenoxy) is 1. The van der Waals surface area contributed by atoms with Crippen LogP contribution in [0.5, 0.6) is 0 Å². The molecule has 3 rings (SSSR count). The van der Waals surface area contributed by atoms with E-state index in [9.17, 15) is 9.59 Å². The Labute approximate surface area is 134 Å². The average Bonchev–Trinajstić information content (AvgIpc) is 2.54. The van der Waals surface area contributed by atoms with Crippen LogP contribution in [0.2, 0.25) is 0 Å². The molecule has 0 radical (unpaired) electrons. The second kappa shape index (κ2) is 6.11. The first-order chi connectivity index (χ1) is 10.6. The zero-order valence-corrected chi connectivity index (χ0v) is 13.0. The van der Waals surface area contributed by atoms with E-state index in [0.717, 1.165) is 4.47 Å². The van der Waals surface area contributed by atoms with E-state index in [1.165, 1.54) is 10.5 Å². The van der Waals surface area contributed by atoms with Gasteiger partial charge in [-0.1, -0.05) is 18.2 Å². The van der Waals surface area contributed by atoms with Gasteiger partial charge in [0.05, 0.1) is 11.3 Å². The molecular formula is C16H11BrN2O3. The van der Waals surface area contributed by atoms with E-state index in [0.29, 0.717) is 16.9 Å². The highest BCUT2D eigenvalue weighted by Crippen LogP contribution is 2.10. The van der Waals surface area contributed by atoms with Crippen molar-refractivity contribution < 1.29 is 9.53 Å². The van der Waals surface area contributed by atoms with Crippen LogP contribution >= 0.6 is 15.9 Å². The van der Waals surface area contributed by atoms with Crippen molar-refractivity contribution in [2.45, 2.75) is 6.61 Å². The summed E-state index contributed by atoms with van der Waals surface area (Å²) in [4.78, 5) is 28.2. The average molecular weight is 359 g/mol. The molecule has 2 heterocycles. The molecule has 5 nitrogen and oxygen atoms in total. The Morgan fingerprint density at radius 1 is 1.18 bits per heavy atom. The maximum Gasteiger partial charge on any atom is 0.338 e. The van der Waals surface area contributed by atoms with E-state index in [1.54, 1.807) is 42.6 Å². The van der Waals surface area contributed by atoms with Gasteiger partial charge in [0.15, 0.2) is 0 Å². The molecule has 1 aromatic carbocycles. The Balaban J connectivity index is 1.81. The SMILES string of the molecule is O=C(OCc1cc(=O)n2cc(Br)ccc2n1)c1ccccc1. The van der Waals surface area contributed by atoms with Crippen molar-refractivity contribution in [2.75, 3.05) is 0 Å². The fourth-order valence-corrected chi connectivity index (χ4v) is 2.33. The zero-order valence-electron chi connectivity index (χ0n) is 11.4. The number of hydrogen-bond donors (Lipinski definition) is 0. The van der Waals surface area contributed by atoms with E-state index in [-0.39, 0.29) is 12.2 Å². The van der Waals surface area contributed by atoms with Crippen LogP contribution in [0.25, 0.3) is 5.65 Å². The van der Waals surface area contributed by atoms with Crippen molar-refractivity contribution >= 4 is 27.5 Å². The number of carbonyl (C=O) groups excluding carboxylic acids is 1. The first kappa shape index (κ1) is 14.5. The highest BCUT2D eigenvalue weighted by Gasteiger charge is 2.08. The Kier molecular flexibility index (Phi) is 4.02. The molecular weight excluding hydrogens is 348 g/mol. The second-order valence-electron chi connectivity index (χ2n) is 4.60. The molecule has 22 heavy (non-hydrogen) atoms. The van der Waals surface area contributed by atoms with Crippen LogP contribution in [0.3, 0.4) is 0 Å². The third kappa shape index (κ3) is 3.07. The number of pyridine rings is 1. The number of fused-ring (bicyclic) bond motifs is 1. The van der Waals surface area contributed by atoms with Crippen molar-refractivity contribution in [3.8, 4) is 0 Å². The number of halogens is 1. The standard InChI is InChI=1S/C16H11BrN2O3/c17-12-6-7-14-18-13(8-15(20)19(14)9-12)10-22-16(21)11-4-2-1-3-5-11/h1-9H,10H2. The molecule has 0 bridgehead atoms. The van der Waals surface area contributed by atoms with Crippen molar-refractivity contribution in [3.63, 3.8) is 0 Å². The molecule has 0 saturated carbocycles. The van der Waals surface area contributed by atoms with Crippen LogP contribution < -0.4 is 5.56 Å². The van der Waals surface area contributed by atoms with Crippen LogP contribution in [0, 0.1) is 0 Å². The molecule has 0 aliphatic heterocycles. The van der Waals surface area contributed by atoms with Gasteiger partial charge in [-0.05, 0) is 40.2 Å². The monoisotopic (exact) mass is 358 g/mol. The molecule has 2 aromatic heterocycles. The quantitative estimate of drug-likeness (QED) is 0.675. The van der Waals surface area contributed by atoms with Crippen LogP contribution in [-0.2, 0) is 11.3 Å². The summed E-state index contributed by atoms with van der Waals surface area (Å²) in [5.41, 5.74) is 1.15. The molecule has 0 saturated heterocycles. The summed E-state index contributed by atoms with van der Waals surface area (Å²) >= 11 is 3.30. The van der Waals surface area contributed by atoms with Crippen molar-refractivity contribution in [1.82, 2.24) is 9.38 Å². The predicted octanol–water partition coefficient (Wildman–Crippen LogP) is 2.81. The van der Waals surface area contributed by atoms with E-state index in [2.05, 4.69) is 20.9 Å². The zero-order chi connectivity index (χ0) is 15.5. The predicted molar refractivity (Wildman–Crippen MR) is 84.7 cm³/mol. The van der Waals surface area contributed by atoms with Crippen LogP contribution in [0.1, 0.15) is 16.1 Å². The lowest BCUT2D eigenvalue weighted by atomic mass is 10.2. The van der Waals surface area contributed by atoms with E-state index in [4.69, 9.17) is 4.74 Å². The number of aromatic nitrogens is 2. The minimum Gasteiger partial charge on any atom is -0.456 e. The Hall–Kier alpha value is -2.47. The molecule has 0 atom stereocenters. The van der Waals surface area contributed by atoms with Gasteiger partial charge in [0.1, 0.15) is 12.3 Å². The molecule has 0 spiro atoms. The number of rotatable bonds is 3. The normalized spacial score (nSPS) is 10.6. The molecule has 0 unspecified atom stereocenters. The van der Waals surface area contributed by atoms with Gasteiger partial charge in [-0.3, -0.25) is 9.20 Å². The van der Waals surface area contributed by atoms with Gasteiger partial charge in [0, 0.05) is 16.7 Å². The molecule has 3 aromatic rings. The Bertz CT molecular complexity index is 891. The van der Waals surface area contributed by atoms with Crippen molar-refractivity contribution in [3.05, 3.63) is 80.8 Å². The lowest BCUT2D eigenvalue weighted by Crippen LogP contribution is -2.16. The summed E-state index contributed by atoms with van der Waals surface area (Å²) in [7, 11) is 0. The highest BCUT2D eigenvalue weighted by molar-refractivity contribution is 9.10. The summed E-state index contributed by atoms with van der Waals surface area (Å²) in [6.45, 7) is -0.0461. The smallest absolute Gasteiger partial charge is 0.338 e. The van der Waals surface area contributed by atoms with E-state index < -0.39 is 5.97 Å². The summed E-state index contributed by atoms with van der Waals surface area (Å²) in [6, 6.07) is 13.5. The van der Waals surface area contributed by atoms with Crippen molar-refractivity contribution in [1.29, 1.82) is 0 Å². The van der Waals surface area contributed by atoms with Crippen LogP contribution in [0.15, 0.2) is 64.0 Å². The number of hydrogen-bond acceptors (Lipinski definition) is 4. The summed E-state index contributed by atoms with van der Waals surface area (Å²) in [6.07, 6.45) is 1.64. The lowest BCUT2D eigenvalue weighted by molar-refractivity contribution is 0.0467. The highest BCUT2D eigenvalue weighted by atomic mass is 79.9. The van der Waals surface area contributed by atoms with Gasteiger partial charge in [-0.15, -0.1) is 0 Å². The number of carbonyl (C=O) groups is 1. The molecule has 0 amide bonds. The third-order valence-corrected chi connectivity index (χ3v) is 3.51. The third-order valence-electron chi connectivity index (χ3n) is 3.04. The summed E-state index contributed by atoms with van der Waals surface area (Å²) in [5.74, 6) is -0.446. The lowest BCUT2D eigenvalue weighted by Gasteiger charge is -2.06. The Morgan fingerprint density at radius 3 is 2.73 bits per heavy atom. The van der Waals surface area contributed by atoms with Crippen molar-refractivity contribution in [2.24, 2.45) is 0 Å². The molecule has 0 aliphatic rings. The van der Waals surface area contributed by atoms with Gasteiger partial charge in [0.25, 0.3) is 5.56 Å². The minimum atomic E-state index is -0.446. The van der Waals surface area contributed by atoms with Crippen LogP contribution in [-0.4, -0.2) is 15.4 Å². The summed E-state index contributed by atoms with van der Waals surface area (Å²) < 4.78 is 7.39. The molecule has 0 aliphatic carbocycles. The minimum absolute atomic E-state index is 0.0461. The maximum atomic E-state index is 12.0. The van der Waals surface area contributed by atoms with E-state index in [1.807, 2.05) is 6.07 Å². The largest absolute Gasteiger partial charge is 0.456 e. The summed E-state index contributed by atoms with van der Waals surface area (Å²) in [5, 5.41) is 0. The molecule has 6 heteroatoms. The number of benzene rings is 1.